The largest absolute Gasteiger partial charge is 0.507 e. The van der Waals surface area contributed by atoms with E-state index in [9.17, 15) is 14.3 Å². The van der Waals surface area contributed by atoms with Gasteiger partial charge in [-0.1, -0.05) is 0 Å². The van der Waals surface area contributed by atoms with Crippen molar-refractivity contribution in [2.75, 3.05) is 20.1 Å². The molecule has 0 unspecified atom stereocenters. The van der Waals surface area contributed by atoms with Crippen LogP contribution in [0.4, 0.5) is 4.39 Å². The molecule has 18 heavy (non-hydrogen) atoms. The number of halogens is 1. The molecule has 0 atom stereocenters. The number of phenols is 1. The van der Waals surface area contributed by atoms with Crippen LogP contribution in [-0.4, -0.2) is 42.1 Å². The number of nitrogens with zero attached hydrogens (tertiary/aromatic N) is 1. The Bertz CT molecular complexity index is 447. The first-order chi connectivity index (χ1) is 8.58. The number of nitrogens with one attached hydrogen (secondary N) is 1. The first kappa shape index (κ1) is 12.8. The average Bonchev–Trinajstić information content (AvgIpc) is 3.12. The molecule has 0 aliphatic heterocycles. The van der Waals surface area contributed by atoms with Gasteiger partial charge in [0.25, 0.3) is 5.91 Å². The zero-order valence-electron chi connectivity index (χ0n) is 10.3. The van der Waals surface area contributed by atoms with Crippen LogP contribution in [0.25, 0.3) is 0 Å². The molecule has 1 aromatic carbocycles. The minimum atomic E-state index is -0.558. The van der Waals surface area contributed by atoms with Crippen molar-refractivity contribution >= 4 is 5.91 Å². The molecule has 0 saturated heterocycles. The van der Waals surface area contributed by atoms with Gasteiger partial charge in [-0.25, -0.2) is 4.39 Å². The summed E-state index contributed by atoms with van der Waals surface area (Å²) in [6.07, 6.45) is 2.45. The van der Waals surface area contributed by atoms with E-state index in [1.807, 2.05) is 7.05 Å². The van der Waals surface area contributed by atoms with Crippen LogP contribution >= 0.6 is 0 Å². The predicted octanol–water partition coefficient (Wildman–Crippen LogP) is 1.36. The second kappa shape index (κ2) is 5.35. The Morgan fingerprint density at radius 1 is 1.56 bits per heavy atom. The molecule has 1 aliphatic rings. The highest BCUT2D eigenvalue weighted by molar-refractivity contribution is 5.96. The number of phenolic OH excluding ortho intramolecular Hbond substituents is 1. The first-order valence-corrected chi connectivity index (χ1v) is 6.05. The minimum absolute atomic E-state index is 0.102. The Hall–Kier alpha value is -1.62. The molecule has 2 rings (SSSR count). The van der Waals surface area contributed by atoms with Crippen molar-refractivity contribution in [2.45, 2.75) is 18.9 Å². The fraction of sp³-hybridized carbons (Fsp3) is 0.462. The molecule has 1 aromatic rings. The maximum absolute atomic E-state index is 12.8. The van der Waals surface area contributed by atoms with Crippen LogP contribution in [0, 0.1) is 5.82 Å². The van der Waals surface area contributed by atoms with E-state index in [1.54, 1.807) is 0 Å². The molecule has 1 amide bonds. The van der Waals surface area contributed by atoms with Gasteiger partial charge in [0.05, 0.1) is 5.56 Å². The van der Waals surface area contributed by atoms with E-state index in [-0.39, 0.29) is 17.2 Å². The summed E-state index contributed by atoms with van der Waals surface area (Å²) in [6.45, 7) is 1.29. The lowest BCUT2D eigenvalue weighted by molar-refractivity contribution is 0.0946. The Morgan fingerprint density at radius 2 is 2.28 bits per heavy atom. The molecule has 1 saturated carbocycles. The zero-order chi connectivity index (χ0) is 13.1. The molecule has 2 N–H and O–H groups in total. The molecule has 0 heterocycles. The number of hydrogen-bond donors (Lipinski definition) is 2. The van der Waals surface area contributed by atoms with Gasteiger partial charge in [0.2, 0.25) is 0 Å². The Balaban J connectivity index is 1.83. The third kappa shape index (κ3) is 3.20. The third-order valence-corrected chi connectivity index (χ3v) is 3.12. The molecule has 0 spiro atoms. The van der Waals surface area contributed by atoms with Crippen molar-refractivity contribution in [3.63, 3.8) is 0 Å². The number of carbonyl (C=O) groups is 1. The predicted molar refractivity (Wildman–Crippen MR) is 66.1 cm³/mol. The number of amides is 1. The second-order valence-corrected chi connectivity index (χ2v) is 4.63. The van der Waals surface area contributed by atoms with Crippen LogP contribution in [-0.2, 0) is 0 Å². The van der Waals surface area contributed by atoms with Crippen LogP contribution in [0.5, 0.6) is 5.75 Å². The van der Waals surface area contributed by atoms with E-state index in [0.29, 0.717) is 12.6 Å². The molecule has 0 bridgehead atoms. The SMILES string of the molecule is CN(CCNC(=O)c1ccc(F)cc1O)C1CC1. The van der Waals surface area contributed by atoms with Crippen molar-refractivity contribution in [1.29, 1.82) is 0 Å². The number of aromatic hydroxyl groups is 1. The van der Waals surface area contributed by atoms with E-state index < -0.39 is 5.82 Å². The van der Waals surface area contributed by atoms with Crippen LogP contribution in [0.15, 0.2) is 18.2 Å². The quantitative estimate of drug-likeness (QED) is 0.832. The topological polar surface area (TPSA) is 52.6 Å². The van der Waals surface area contributed by atoms with Gasteiger partial charge in [-0.15, -0.1) is 0 Å². The van der Waals surface area contributed by atoms with Gasteiger partial charge >= 0.3 is 0 Å². The number of carbonyl (C=O) groups excluding carboxylic acids is 1. The molecule has 98 valence electrons. The summed E-state index contributed by atoms with van der Waals surface area (Å²) in [5.41, 5.74) is 0.102. The summed E-state index contributed by atoms with van der Waals surface area (Å²) in [7, 11) is 2.03. The van der Waals surface area contributed by atoms with Crippen molar-refractivity contribution < 1.29 is 14.3 Å². The van der Waals surface area contributed by atoms with Gasteiger partial charge < -0.3 is 15.3 Å². The Kier molecular flexibility index (Phi) is 3.81. The lowest BCUT2D eigenvalue weighted by Gasteiger charge is -2.15. The minimum Gasteiger partial charge on any atom is -0.507 e. The summed E-state index contributed by atoms with van der Waals surface area (Å²) in [5, 5.41) is 12.2. The molecule has 4 nitrogen and oxygen atoms in total. The molecule has 0 radical (unpaired) electrons. The third-order valence-electron chi connectivity index (χ3n) is 3.12. The number of likely N-dealkylation sites (N-methyl/N-ethyl adjacent to an activating group) is 1. The fourth-order valence-corrected chi connectivity index (χ4v) is 1.84. The molecule has 1 fully saturated rings. The van der Waals surface area contributed by atoms with Crippen molar-refractivity contribution in [2.24, 2.45) is 0 Å². The zero-order valence-corrected chi connectivity index (χ0v) is 10.3. The van der Waals surface area contributed by atoms with E-state index in [2.05, 4.69) is 10.2 Å². The summed E-state index contributed by atoms with van der Waals surface area (Å²) in [5.74, 6) is -1.27. The summed E-state index contributed by atoms with van der Waals surface area (Å²) < 4.78 is 12.8. The molecular formula is C13H17FN2O2. The number of benzene rings is 1. The van der Waals surface area contributed by atoms with Crippen LogP contribution in [0.1, 0.15) is 23.2 Å². The van der Waals surface area contributed by atoms with Crippen LogP contribution in [0.3, 0.4) is 0 Å². The summed E-state index contributed by atoms with van der Waals surface area (Å²) in [4.78, 5) is 13.9. The smallest absolute Gasteiger partial charge is 0.255 e. The van der Waals surface area contributed by atoms with Crippen LogP contribution in [0.2, 0.25) is 0 Å². The van der Waals surface area contributed by atoms with Gasteiger partial charge in [-0.3, -0.25) is 4.79 Å². The van der Waals surface area contributed by atoms with E-state index in [1.165, 1.54) is 18.9 Å². The monoisotopic (exact) mass is 252 g/mol. The second-order valence-electron chi connectivity index (χ2n) is 4.63. The average molecular weight is 252 g/mol. The maximum atomic E-state index is 12.8. The number of hydrogen-bond acceptors (Lipinski definition) is 3. The lowest BCUT2D eigenvalue weighted by atomic mass is 10.2. The molecule has 0 aromatic heterocycles. The normalized spacial score (nSPS) is 14.8. The molecular weight excluding hydrogens is 235 g/mol. The van der Waals surface area contributed by atoms with Gasteiger partial charge in [0.1, 0.15) is 11.6 Å². The highest BCUT2D eigenvalue weighted by Gasteiger charge is 2.25. The molecule has 1 aliphatic carbocycles. The fourth-order valence-electron chi connectivity index (χ4n) is 1.84. The van der Waals surface area contributed by atoms with Crippen molar-refractivity contribution in [3.05, 3.63) is 29.6 Å². The van der Waals surface area contributed by atoms with Gasteiger partial charge in [0, 0.05) is 25.2 Å². The van der Waals surface area contributed by atoms with Crippen molar-refractivity contribution in [3.8, 4) is 5.75 Å². The highest BCUT2D eigenvalue weighted by Crippen LogP contribution is 2.24. The standard InChI is InChI=1S/C13H17FN2O2/c1-16(10-3-4-10)7-6-15-13(18)11-5-2-9(14)8-12(11)17/h2,5,8,10,17H,3-4,6-7H2,1H3,(H,15,18). The number of rotatable bonds is 5. The Labute approximate surface area is 105 Å². The molecule has 5 heteroatoms. The first-order valence-electron chi connectivity index (χ1n) is 6.05. The van der Waals surface area contributed by atoms with E-state index in [0.717, 1.165) is 18.7 Å². The van der Waals surface area contributed by atoms with Gasteiger partial charge in [-0.2, -0.15) is 0 Å². The Morgan fingerprint density at radius 3 is 2.89 bits per heavy atom. The van der Waals surface area contributed by atoms with Crippen LogP contribution < -0.4 is 5.32 Å². The highest BCUT2D eigenvalue weighted by atomic mass is 19.1. The lowest BCUT2D eigenvalue weighted by Crippen LogP contribution is -2.34. The summed E-state index contributed by atoms with van der Waals surface area (Å²) >= 11 is 0. The van der Waals surface area contributed by atoms with Gasteiger partial charge in [0.15, 0.2) is 0 Å². The van der Waals surface area contributed by atoms with Crippen molar-refractivity contribution in [1.82, 2.24) is 10.2 Å². The maximum Gasteiger partial charge on any atom is 0.255 e. The van der Waals surface area contributed by atoms with E-state index in [4.69, 9.17) is 0 Å². The van der Waals surface area contributed by atoms with E-state index >= 15 is 0 Å². The van der Waals surface area contributed by atoms with Gasteiger partial charge in [-0.05, 0) is 32.0 Å². The summed E-state index contributed by atoms with van der Waals surface area (Å²) in [6, 6.07) is 4.03.